The van der Waals surface area contributed by atoms with Crippen LogP contribution in [0.1, 0.15) is 47.0 Å². The Balaban J connectivity index is 3.93. The first kappa shape index (κ1) is 12.5. The minimum Gasteiger partial charge on any atom is -0.376 e. The predicted molar refractivity (Wildman–Crippen MR) is 60.7 cm³/mol. The van der Waals surface area contributed by atoms with Gasteiger partial charge in [-0.05, 0) is 26.2 Å². The summed E-state index contributed by atoms with van der Waals surface area (Å²) >= 11 is 0. The monoisotopic (exact) mass is 183 g/mol. The Hall–Kier alpha value is -0.460. The first-order valence-corrected chi connectivity index (χ1v) is 5.39. The molecule has 0 fully saturated rings. The lowest BCUT2D eigenvalue weighted by molar-refractivity contribution is 0.236. The van der Waals surface area contributed by atoms with Crippen molar-refractivity contribution in [3.05, 3.63) is 12.3 Å². The molecule has 0 bridgehead atoms. The van der Waals surface area contributed by atoms with Gasteiger partial charge in [-0.3, -0.25) is 0 Å². The number of nitrogens with zero attached hydrogens (tertiary/aromatic N) is 1. The molecule has 0 rings (SSSR count). The first-order valence-electron chi connectivity index (χ1n) is 5.39. The molecule has 0 radical (unpaired) electrons. The van der Waals surface area contributed by atoms with E-state index in [1.54, 1.807) is 0 Å². The Bertz CT molecular complexity index is 151. The lowest BCUT2D eigenvalue weighted by Gasteiger charge is -2.31. The van der Waals surface area contributed by atoms with Crippen LogP contribution in [0.5, 0.6) is 0 Å². The molecule has 2 atom stereocenters. The van der Waals surface area contributed by atoms with Crippen molar-refractivity contribution in [1.82, 2.24) is 4.90 Å². The van der Waals surface area contributed by atoms with Gasteiger partial charge in [0.1, 0.15) is 0 Å². The number of rotatable bonds is 6. The predicted octanol–water partition coefficient (Wildman–Crippen LogP) is 3.67. The van der Waals surface area contributed by atoms with Crippen molar-refractivity contribution in [1.29, 1.82) is 0 Å². The highest BCUT2D eigenvalue weighted by molar-refractivity contribution is 4.90. The van der Waals surface area contributed by atoms with Gasteiger partial charge in [-0.25, -0.2) is 0 Å². The highest BCUT2D eigenvalue weighted by atomic mass is 15.1. The molecule has 1 heteroatoms. The summed E-state index contributed by atoms with van der Waals surface area (Å²) in [6.45, 7) is 12.9. The second-order valence-electron chi connectivity index (χ2n) is 4.21. The van der Waals surface area contributed by atoms with Gasteiger partial charge >= 0.3 is 0 Å². The molecule has 0 saturated carbocycles. The highest BCUT2D eigenvalue weighted by Gasteiger charge is 2.15. The fourth-order valence-corrected chi connectivity index (χ4v) is 1.50. The standard InChI is InChI=1S/C12H25N/c1-7-8-9-11(4)12(5)13(6)10(2)3/h11-12H,2,7-9H2,1,3-6H3/t11-,12?/m0/s1. The van der Waals surface area contributed by atoms with Crippen LogP contribution in [-0.2, 0) is 0 Å². The van der Waals surface area contributed by atoms with Gasteiger partial charge in [-0.1, -0.05) is 33.3 Å². The highest BCUT2D eigenvalue weighted by Crippen LogP contribution is 2.18. The second kappa shape index (κ2) is 6.06. The van der Waals surface area contributed by atoms with Gasteiger partial charge < -0.3 is 4.90 Å². The van der Waals surface area contributed by atoms with E-state index in [4.69, 9.17) is 0 Å². The molecule has 78 valence electrons. The van der Waals surface area contributed by atoms with Crippen LogP contribution in [0.3, 0.4) is 0 Å². The van der Waals surface area contributed by atoms with E-state index >= 15 is 0 Å². The summed E-state index contributed by atoms with van der Waals surface area (Å²) in [5, 5.41) is 0. The van der Waals surface area contributed by atoms with E-state index in [9.17, 15) is 0 Å². The molecule has 0 aliphatic heterocycles. The van der Waals surface area contributed by atoms with E-state index in [1.807, 2.05) is 0 Å². The molecule has 0 saturated heterocycles. The summed E-state index contributed by atoms with van der Waals surface area (Å²) < 4.78 is 0. The van der Waals surface area contributed by atoms with Gasteiger partial charge in [0.15, 0.2) is 0 Å². The molecule has 13 heavy (non-hydrogen) atoms. The number of unbranched alkanes of at least 4 members (excludes halogenated alkanes) is 1. The van der Waals surface area contributed by atoms with Crippen LogP contribution in [0.25, 0.3) is 0 Å². The van der Waals surface area contributed by atoms with Crippen LogP contribution < -0.4 is 0 Å². The first-order chi connectivity index (χ1) is 6.00. The molecular weight excluding hydrogens is 158 g/mol. The molecule has 1 nitrogen and oxygen atoms in total. The molecule has 0 heterocycles. The average molecular weight is 183 g/mol. The van der Waals surface area contributed by atoms with Crippen molar-refractivity contribution in [2.45, 2.75) is 53.0 Å². The minimum absolute atomic E-state index is 0.615. The Kier molecular flexibility index (Phi) is 5.85. The van der Waals surface area contributed by atoms with Crippen LogP contribution in [0.2, 0.25) is 0 Å². The van der Waals surface area contributed by atoms with Gasteiger partial charge in [-0.15, -0.1) is 0 Å². The molecular formula is C12H25N. The second-order valence-corrected chi connectivity index (χ2v) is 4.21. The minimum atomic E-state index is 0.615. The Morgan fingerprint density at radius 1 is 1.38 bits per heavy atom. The van der Waals surface area contributed by atoms with E-state index in [0.29, 0.717) is 6.04 Å². The molecule has 0 amide bonds. The average Bonchev–Trinajstić information content (AvgIpc) is 2.11. The van der Waals surface area contributed by atoms with Crippen LogP contribution >= 0.6 is 0 Å². The third-order valence-corrected chi connectivity index (χ3v) is 3.05. The fourth-order valence-electron chi connectivity index (χ4n) is 1.50. The van der Waals surface area contributed by atoms with Crippen molar-refractivity contribution in [3.63, 3.8) is 0 Å². The zero-order chi connectivity index (χ0) is 10.4. The maximum Gasteiger partial charge on any atom is 0.0280 e. The normalized spacial score (nSPS) is 15.2. The van der Waals surface area contributed by atoms with Gasteiger partial charge in [0.25, 0.3) is 0 Å². The summed E-state index contributed by atoms with van der Waals surface area (Å²) in [5.41, 5.74) is 1.16. The van der Waals surface area contributed by atoms with Crippen molar-refractivity contribution in [2.24, 2.45) is 5.92 Å². The molecule has 0 aromatic carbocycles. The van der Waals surface area contributed by atoms with Crippen LogP contribution in [0.15, 0.2) is 12.3 Å². The van der Waals surface area contributed by atoms with Gasteiger partial charge in [0.2, 0.25) is 0 Å². The van der Waals surface area contributed by atoms with Gasteiger partial charge in [0.05, 0.1) is 0 Å². The van der Waals surface area contributed by atoms with E-state index in [2.05, 4.69) is 46.2 Å². The maximum atomic E-state index is 3.96. The van der Waals surface area contributed by atoms with Crippen molar-refractivity contribution in [3.8, 4) is 0 Å². The summed E-state index contributed by atoms with van der Waals surface area (Å²) in [4.78, 5) is 2.28. The third kappa shape index (κ3) is 4.35. The number of allylic oxidation sites excluding steroid dienone is 1. The van der Waals surface area contributed by atoms with E-state index in [1.165, 1.54) is 19.3 Å². The zero-order valence-electron chi connectivity index (χ0n) is 9.93. The Morgan fingerprint density at radius 2 is 1.92 bits per heavy atom. The smallest absolute Gasteiger partial charge is 0.0280 e. The van der Waals surface area contributed by atoms with E-state index in [-0.39, 0.29) is 0 Å². The lowest BCUT2D eigenvalue weighted by atomic mass is 9.96. The summed E-state index contributed by atoms with van der Waals surface area (Å²) in [6.07, 6.45) is 3.97. The summed E-state index contributed by atoms with van der Waals surface area (Å²) in [7, 11) is 2.13. The third-order valence-electron chi connectivity index (χ3n) is 3.05. The zero-order valence-corrected chi connectivity index (χ0v) is 9.93. The Labute approximate surface area is 83.8 Å². The maximum absolute atomic E-state index is 3.96. The topological polar surface area (TPSA) is 3.24 Å². The molecule has 0 N–H and O–H groups in total. The van der Waals surface area contributed by atoms with E-state index in [0.717, 1.165) is 11.6 Å². The largest absolute Gasteiger partial charge is 0.376 e. The van der Waals surface area contributed by atoms with Crippen molar-refractivity contribution in [2.75, 3.05) is 7.05 Å². The van der Waals surface area contributed by atoms with E-state index < -0.39 is 0 Å². The molecule has 0 spiro atoms. The lowest BCUT2D eigenvalue weighted by Crippen LogP contribution is -2.32. The van der Waals surface area contributed by atoms with Crippen molar-refractivity contribution < 1.29 is 0 Å². The Morgan fingerprint density at radius 3 is 2.31 bits per heavy atom. The van der Waals surface area contributed by atoms with Gasteiger partial charge in [-0.2, -0.15) is 0 Å². The molecule has 0 aliphatic carbocycles. The summed E-state index contributed by atoms with van der Waals surface area (Å²) in [6, 6.07) is 0.615. The van der Waals surface area contributed by atoms with Crippen LogP contribution in [-0.4, -0.2) is 18.0 Å². The number of hydrogen-bond acceptors (Lipinski definition) is 1. The SMILES string of the molecule is C=C(C)N(C)C(C)[C@@H](C)CCCC. The van der Waals surface area contributed by atoms with Crippen molar-refractivity contribution >= 4 is 0 Å². The molecule has 0 aromatic heterocycles. The van der Waals surface area contributed by atoms with Crippen LogP contribution in [0.4, 0.5) is 0 Å². The molecule has 0 aromatic rings. The number of hydrogen-bond donors (Lipinski definition) is 0. The van der Waals surface area contributed by atoms with Crippen LogP contribution in [0, 0.1) is 5.92 Å². The summed E-state index contributed by atoms with van der Waals surface area (Å²) in [5.74, 6) is 0.765. The quantitative estimate of drug-likeness (QED) is 0.607. The van der Waals surface area contributed by atoms with Gasteiger partial charge in [0, 0.05) is 18.8 Å². The molecule has 0 aliphatic rings. The molecule has 1 unspecified atom stereocenters. The fraction of sp³-hybridized carbons (Fsp3) is 0.833.